The van der Waals surface area contributed by atoms with Crippen LogP contribution in [0.5, 0.6) is 11.5 Å². The van der Waals surface area contributed by atoms with E-state index >= 15 is 0 Å². The first kappa shape index (κ1) is 29.5. The molecule has 0 aromatic heterocycles. The summed E-state index contributed by atoms with van der Waals surface area (Å²) in [6, 6.07) is 8.02. The molecule has 2 N–H and O–H groups in total. The Hall–Kier alpha value is -3.08. The van der Waals surface area contributed by atoms with E-state index in [1.165, 1.54) is 63.5 Å². The van der Waals surface area contributed by atoms with Crippen molar-refractivity contribution < 1.29 is 24.5 Å². The number of ketones is 1. The molecular weight excluding hydrogens is 476 g/mol. The van der Waals surface area contributed by atoms with E-state index in [1.807, 2.05) is 6.92 Å². The van der Waals surface area contributed by atoms with Gasteiger partial charge in [0, 0.05) is 17.5 Å². The highest BCUT2D eigenvalue weighted by Crippen LogP contribution is 2.44. The summed E-state index contributed by atoms with van der Waals surface area (Å²) in [5.74, 6) is -1.16. The molecule has 5 heteroatoms. The molecular formula is C33H44O5. The predicted molar refractivity (Wildman–Crippen MR) is 152 cm³/mol. The smallest absolute Gasteiger partial charge is 0.306 e. The Kier molecular flexibility index (Phi) is 11.9. The molecule has 2 aromatic rings. The number of hydrogen-bond donors (Lipinski definition) is 2. The van der Waals surface area contributed by atoms with Crippen LogP contribution < -0.4 is 0 Å². The molecule has 38 heavy (non-hydrogen) atoms. The zero-order chi connectivity index (χ0) is 27.3. The fraction of sp³-hybridized carbons (Fsp3) is 0.515. The molecule has 206 valence electrons. The minimum atomic E-state index is -0.841. The van der Waals surface area contributed by atoms with Gasteiger partial charge in [0.2, 0.25) is 5.78 Å². The molecule has 1 unspecified atom stereocenters. The Morgan fingerprint density at radius 2 is 1.42 bits per heavy atom. The predicted octanol–water partition coefficient (Wildman–Crippen LogP) is 8.62. The van der Waals surface area contributed by atoms with E-state index in [9.17, 15) is 19.8 Å². The Balaban J connectivity index is 1.40. The van der Waals surface area contributed by atoms with Gasteiger partial charge >= 0.3 is 5.97 Å². The van der Waals surface area contributed by atoms with Gasteiger partial charge in [0.1, 0.15) is 11.5 Å². The van der Waals surface area contributed by atoms with Crippen LogP contribution in [0, 0.1) is 6.92 Å². The summed E-state index contributed by atoms with van der Waals surface area (Å²) in [6.45, 7) is 4.06. The third kappa shape index (κ3) is 8.21. The van der Waals surface area contributed by atoms with Crippen molar-refractivity contribution in [2.24, 2.45) is 0 Å². The number of aryl methyl sites for hydroxylation is 1. The number of esters is 1. The van der Waals surface area contributed by atoms with Crippen molar-refractivity contribution in [3.8, 4) is 11.5 Å². The number of rotatable bonds is 16. The maximum Gasteiger partial charge on any atom is 0.306 e. The molecule has 0 spiro atoms. The van der Waals surface area contributed by atoms with Crippen molar-refractivity contribution in [3.63, 3.8) is 0 Å². The van der Waals surface area contributed by atoms with Crippen molar-refractivity contribution in [1.82, 2.24) is 0 Å². The van der Waals surface area contributed by atoms with Crippen LogP contribution in [0.2, 0.25) is 0 Å². The van der Waals surface area contributed by atoms with Gasteiger partial charge in [-0.2, -0.15) is 0 Å². The summed E-state index contributed by atoms with van der Waals surface area (Å²) in [5.41, 5.74) is 1.84. The second-order valence-corrected chi connectivity index (χ2v) is 10.5. The van der Waals surface area contributed by atoms with E-state index in [2.05, 4.69) is 19.1 Å². The molecule has 5 nitrogen and oxygen atoms in total. The van der Waals surface area contributed by atoms with Gasteiger partial charge in [-0.25, -0.2) is 0 Å². The molecule has 0 bridgehead atoms. The highest BCUT2D eigenvalue weighted by atomic mass is 16.5. The lowest BCUT2D eigenvalue weighted by Crippen LogP contribution is -2.24. The fourth-order valence-corrected chi connectivity index (χ4v) is 5.22. The molecule has 0 aliphatic heterocycles. The van der Waals surface area contributed by atoms with Crippen LogP contribution in [-0.2, 0) is 9.53 Å². The second kappa shape index (κ2) is 15.4. The van der Waals surface area contributed by atoms with E-state index in [1.54, 1.807) is 18.2 Å². The number of phenolic OH excluding ortho intramolecular Hbond substituents is 2. The minimum absolute atomic E-state index is 0.0815. The zero-order valence-corrected chi connectivity index (χ0v) is 23.1. The van der Waals surface area contributed by atoms with Crippen LogP contribution in [0.4, 0.5) is 0 Å². The maximum atomic E-state index is 13.1. The minimum Gasteiger partial charge on any atom is -0.507 e. The number of phenols is 2. The molecule has 0 saturated heterocycles. The van der Waals surface area contributed by atoms with Gasteiger partial charge in [-0.1, -0.05) is 88.6 Å². The fourth-order valence-electron chi connectivity index (χ4n) is 5.22. The van der Waals surface area contributed by atoms with Crippen LogP contribution in [0.15, 0.2) is 42.5 Å². The third-order valence-corrected chi connectivity index (χ3v) is 7.28. The lowest BCUT2D eigenvalue weighted by atomic mass is 9.81. The Labute approximate surface area is 227 Å². The van der Waals surface area contributed by atoms with Gasteiger partial charge in [0.05, 0.1) is 11.1 Å². The topological polar surface area (TPSA) is 83.8 Å². The van der Waals surface area contributed by atoms with E-state index in [0.717, 1.165) is 37.7 Å². The first-order valence-electron chi connectivity index (χ1n) is 14.5. The Morgan fingerprint density at radius 3 is 2.11 bits per heavy atom. The molecule has 0 heterocycles. The van der Waals surface area contributed by atoms with E-state index in [-0.39, 0.29) is 28.6 Å². The van der Waals surface area contributed by atoms with Gasteiger partial charge in [-0.3, -0.25) is 9.59 Å². The van der Waals surface area contributed by atoms with Crippen molar-refractivity contribution in [3.05, 3.63) is 70.3 Å². The van der Waals surface area contributed by atoms with E-state index in [0.29, 0.717) is 17.5 Å². The third-order valence-electron chi connectivity index (χ3n) is 7.28. The quantitative estimate of drug-likeness (QED) is 0.131. The highest BCUT2D eigenvalue weighted by molar-refractivity contribution is 6.15. The molecule has 1 atom stereocenters. The number of benzene rings is 2. The van der Waals surface area contributed by atoms with Crippen molar-refractivity contribution >= 4 is 11.8 Å². The zero-order valence-electron chi connectivity index (χ0n) is 23.1. The number of allylic oxidation sites excluding steroid dienone is 2. The summed E-state index contributed by atoms with van der Waals surface area (Å²) < 4.78 is 5.85. The van der Waals surface area contributed by atoms with Crippen LogP contribution in [0.25, 0.3) is 0 Å². The molecule has 2 aromatic carbocycles. The van der Waals surface area contributed by atoms with E-state index < -0.39 is 11.9 Å². The summed E-state index contributed by atoms with van der Waals surface area (Å²) >= 11 is 0. The summed E-state index contributed by atoms with van der Waals surface area (Å²) in [5, 5.41) is 20.8. The standard InChI is InChI=1S/C33H44O5/c1-3-4-5-6-7-8-9-10-11-12-13-14-15-16-17-21-29(36)38-33-25-19-18-20-27(34)30(25)32(37)31-26(33)22-24(2)23-28(31)35/h10-11,18-20,22-23,33-35H,3-9,12-17,21H2,1-2H3/b11-10+. The number of ether oxygens (including phenoxy) is 1. The van der Waals surface area contributed by atoms with Gasteiger partial charge in [0.25, 0.3) is 0 Å². The first-order chi connectivity index (χ1) is 18.4. The molecule has 3 rings (SSSR count). The molecule has 0 saturated carbocycles. The highest BCUT2D eigenvalue weighted by Gasteiger charge is 2.37. The maximum absolute atomic E-state index is 13.1. The second-order valence-electron chi connectivity index (χ2n) is 10.5. The SMILES string of the molecule is CCCCCCCC/C=C/CCCCCCCC(=O)OC1c2cccc(O)c2C(=O)c2c(O)cc(C)cc21. The van der Waals surface area contributed by atoms with Gasteiger partial charge < -0.3 is 14.9 Å². The molecule has 0 amide bonds. The molecule has 0 radical (unpaired) electrons. The summed E-state index contributed by atoms with van der Waals surface area (Å²) in [7, 11) is 0. The summed E-state index contributed by atoms with van der Waals surface area (Å²) in [6.07, 6.45) is 19.6. The lowest BCUT2D eigenvalue weighted by molar-refractivity contribution is -0.147. The first-order valence-corrected chi connectivity index (χ1v) is 14.5. The van der Waals surface area contributed by atoms with Crippen LogP contribution >= 0.6 is 0 Å². The molecule has 1 aliphatic carbocycles. The Bertz CT molecular complexity index is 1100. The number of aromatic hydroxyl groups is 2. The monoisotopic (exact) mass is 520 g/mol. The largest absolute Gasteiger partial charge is 0.507 e. The number of unbranched alkanes of at least 4 members (excludes halogenated alkanes) is 11. The average Bonchev–Trinajstić information content (AvgIpc) is 2.88. The molecule has 1 aliphatic rings. The van der Waals surface area contributed by atoms with Crippen molar-refractivity contribution in [2.75, 3.05) is 0 Å². The number of hydrogen-bond acceptors (Lipinski definition) is 5. The van der Waals surface area contributed by atoms with Gasteiger partial charge in [0.15, 0.2) is 6.10 Å². The van der Waals surface area contributed by atoms with Gasteiger partial charge in [-0.05, 0) is 56.7 Å². The normalized spacial score (nSPS) is 14.5. The molecule has 0 fully saturated rings. The van der Waals surface area contributed by atoms with Gasteiger partial charge in [-0.15, -0.1) is 0 Å². The average molecular weight is 521 g/mol. The van der Waals surface area contributed by atoms with Crippen LogP contribution in [-0.4, -0.2) is 22.0 Å². The van der Waals surface area contributed by atoms with E-state index in [4.69, 9.17) is 4.74 Å². The van der Waals surface area contributed by atoms with Crippen LogP contribution in [0.1, 0.15) is 136 Å². The summed E-state index contributed by atoms with van der Waals surface area (Å²) in [4.78, 5) is 25.8. The van der Waals surface area contributed by atoms with Crippen molar-refractivity contribution in [1.29, 1.82) is 0 Å². The van der Waals surface area contributed by atoms with Crippen LogP contribution in [0.3, 0.4) is 0 Å². The lowest BCUT2D eigenvalue weighted by Gasteiger charge is -2.28. The van der Waals surface area contributed by atoms with Crippen molar-refractivity contribution in [2.45, 2.75) is 110 Å². The number of carbonyl (C=O) groups excluding carboxylic acids is 2. The number of carbonyl (C=O) groups is 2. The number of fused-ring (bicyclic) bond motifs is 2. The Morgan fingerprint density at radius 1 is 0.816 bits per heavy atom.